The van der Waals surface area contributed by atoms with E-state index in [2.05, 4.69) is 6.07 Å². The van der Waals surface area contributed by atoms with Gasteiger partial charge in [0.15, 0.2) is 5.78 Å². The Bertz CT molecular complexity index is 668. The highest BCUT2D eigenvalue weighted by atomic mass is 16.5. The number of nitriles is 1. The van der Waals surface area contributed by atoms with Crippen LogP contribution < -0.4 is 4.74 Å². The largest absolute Gasteiger partial charge is 0.494 e. The molecule has 1 atom stereocenters. The van der Waals surface area contributed by atoms with Crippen LogP contribution in [0.5, 0.6) is 5.75 Å². The molecule has 0 bridgehead atoms. The van der Waals surface area contributed by atoms with Gasteiger partial charge in [0, 0.05) is 5.56 Å². The number of Topliss-reactive ketones (excluding diaryl/α,β-unsaturated/α-hetero) is 1. The SMILES string of the molecule is CCOc1ccc(C(=O)C(C#N)c2cccc(C)c2)cc1. The molecule has 106 valence electrons. The highest BCUT2D eigenvalue weighted by Crippen LogP contribution is 2.22. The number of rotatable bonds is 5. The average molecular weight is 279 g/mol. The van der Waals surface area contributed by atoms with E-state index >= 15 is 0 Å². The molecule has 3 nitrogen and oxygen atoms in total. The number of carbonyl (C=O) groups is 1. The Balaban J connectivity index is 2.26. The molecule has 0 amide bonds. The van der Waals surface area contributed by atoms with Crippen LogP contribution in [-0.2, 0) is 0 Å². The average Bonchev–Trinajstić information content (AvgIpc) is 2.49. The molecule has 3 heteroatoms. The smallest absolute Gasteiger partial charge is 0.184 e. The van der Waals surface area contributed by atoms with Gasteiger partial charge < -0.3 is 4.74 Å². The van der Waals surface area contributed by atoms with Crippen LogP contribution in [-0.4, -0.2) is 12.4 Å². The van der Waals surface area contributed by atoms with Crippen molar-refractivity contribution in [1.82, 2.24) is 0 Å². The van der Waals surface area contributed by atoms with E-state index in [1.807, 2.05) is 38.1 Å². The van der Waals surface area contributed by atoms with Crippen molar-refractivity contribution in [3.05, 3.63) is 65.2 Å². The highest BCUT2D eigenvalue weighted by molar-refractivity contribution is 6.02. The number of ether oxygens (including phenoxy) is 1. The number of hydrogen-bond acceptors (Lipinski definition) is 3. The zero-order valence-electron chi connectivity index (χ0n) is 12.2. The molecule has 0 aliphatic rings. The van der Waals surface area contributed by atoms with Gasteiger partial charge in [0.1, 0.15) is 11.7 Å². The van der Waals surface area contributed by atoms with Gasteiger partial charge in [-0.3, -0.25) is 4.79 Å². The predicted octanol–water partition coefficient (Wildman–Crippen LogP) is 3.88. The molecule has 0 aromatic heterocycles. The minimum atomic E-state index is -0.775. The summed E-state index contributed by atoms with van der Waals surface area (Å²) in [7, 11) is 0. The lowest BCUT2D eigenvalue weighted by atomic mass is 9.91. The Morgan fingerprint density at radius 2 is 1.95 bits per heavy atom. The third-order valence-corrected chi connectivity index (χ3v) is 3.22. The zero-order chi connectivity index (χ0) is 15.2. The summed E-state index contributed by atoms with van der Waals surface area (Å²) >= 11 is 0. The monoisotopic (exact) mass is 279 g/mol. The molecule has 0 saturated heterocycles. The summed E-state index contributed by atoms with van der Waals surface area (Å²) in [6.07, 6.45) is 0. The highest BCUT2D eigenvalue weighted by Gasteiger charge is 2.21. The summed E-state index contributed by atoms with van der Waals surface area (Å²) in [5, 5.41) is 9.35. The first-order valence-corrected chi connectivity index (χ1v) is 6.89. The van der Waals surface area contributed by atoms with Crippen LogP contribution in [0.3, 0.4) is 0 Å². The summed E-state index contributed by atoms with van der Waals surface area (Å²) in [6, 6.07) is 16.5. The second kappa shape index (κ2) is 6.71. The lowest BCUT2D eigenvalue weighted by Crippen LogP contribution is -2.11. The normalized spacial score (nSPS) is 11.5. The quantitative estimate of drug-likeness (QED) is 0.780. The molecule has 21 heavy (non-hydrogen) atoms. The van der Waals surface area contributed by atoms with Crippen molar-refractivity contribution >= 4 is 5.78 Å². The van der Waals surface area contributed by atoms with E-state index in [-0.39, 0.29) is 5.78 Å². The predicted molar refractivity (Wildman–Crippen MR) is 81.5 cm³/mol. The van der Waals surface area contributed by atoms with Gasteiger partial charge >= 0.3 is 0 Å². The van der Waals surface area contributed by atoms with Gasteiger partial charge in [-0.25, -0.2) is 0 Å². The summed E-state index contributed by atoms with van der Waals surface area (Å²) < 4.78 is 5.35. The summed E-state index contributed by atoms with van der Waals surface area (Å²) in [5.74, 6) is -0.243. The maximum absolute atomic E-state index is 12.5. The van der Waals surface area contributed by atoms with Crippen LogP contribution in [0.2, 0.25) is 0 Å². The fourth-order valence-corrected chi connectivity index (χ4v) is 2.18. The van der Waals surface area contributed by atoms with E-state index in [0.717, 1.165) is 16.9 Å². The van der Waals surface area contributed by atoms with E-state index in [9.17, 15) is 10.1 Å². The first-order valence-electron chi connectivity index (χ1n) is 6.89. The van der Waals surface area contributed by atoms with Crippen molar-refractivity contribution < 1.29 is 9.53 Å². The molecule has 2 rings (SSSR count). The number of nitrogens with zero attached hydrogens (tertiary/aromatic N) is 1. The van der Waals surface area contributed by atoms with Crippen LogP contribution in [0, 0.1) is 18.3 Å². The van der Waals surface area contributed by atoms with E-state index in [1.54, 1.807) is 24.3 Å². The molecule has 0 heterocycles. The number of aryl methyl sites for hydroxylation is 1. The number of hydrogen-bond donors (Lipinski definition) is 0. The second-order valence-corrected chi connectivity index (χ2v) is 4.80. The molecule has 0 aliphatic heterocycles. The molecule has 0 N–H and O–H groups in total. The zero-order valence-corrected chi connectivity index (χ0v) is 12.2. The molecular weight excluding hydrogens is 262 g/mol. The van der Waals surface area contributed by atoms with Crippen LogP contribution in [0.4, 0.5) is 0 Å². The van der Waals surface area contributed by atoms with Crippen molar-refractivity contribution in [2.24, 2.45) is 0 Å². The molecule has 0 radical (unpaired) electrons. The fourth-order valence-electron chi connectivity index (χ4n) is 2.18. The van der Waals surface area contributed by atoms with Gasteiger partial charge in [0.25, 0.3) is 0 Å². The van der Waals surface area contributed by atoms with Crippen molar-refractivity contribution in [2.75, 3.05) is 6.61 Å². The Kier molecular flexibility index (Phi) is 4.73. The first-order chi connectivity index (χ1) is 10.2. The maximum atomic E-state index is 12.5. The van der Waals surface area contributed by atoms with Gasteiger partial charge in [-0.1, -0.05) is 29.8 Å². The van der Waals surface area contributed by atoms with E-state index in [0.29, 0.717) is 12.2 Å². The van der Waals surface area contributed by atoms with Crippen LogP contribution in [0.15, 0.2) is 48.5 Å². The molecule has 0 spiro atoms. The molecule has 2 aromatic rings. The van der Waals surface area contributed by atoms with Crippen molar-refractivity contribution in [1.29, 1.82) is 5.26 Å². The fraction of sp³-hybridized carbons (Fsp3) is 0.222. The number of ketones is 1. The Hall–Kier alpha value is -2.60. The van der Waals surface area contributed by atoms with Crippen molar-refractivity contribution in [3.8, 4) is 11.8 Å². The Labute approximate surface area is 124 Å². The van der Waals surface area contributed by atoms with Crippen LogP contribution >= 0.6 is 0 Å². The van der Waals surface area contributed by atoms with Crippen LogP contribution in [0.25, 0.3) is 0 Å². The molecule has 0 aliphatic carbocycles. The van der Waals surface area contributed by atoms with Crippen molar-refractivity contribution in [3.63, 3.8) is 0 Å². The summed E-state index contributed by atoms with van der Waals surface area (Å²) in [6.45, 7) is 4.43. The minimum Gasteiger partial charge on any atom is -0.494 e. The van der Waals surface area contributed by atoms with Gasteiger partial charge in [-0.05, 0) is 43.7 Å². The van der Waals surface area contributed by atoms with Gasteiger partial charge in [0.05, 0.1) is 12.7 Å². The van der Waals surface area contributed by atoms with Gasteiger partial charge in [-0.2, -0.15) is 5.26 Å². The van der Waals surface area contributed by atoms with Crippen LogP contribution in [0.1, 0.15) is 34.3 Å². The topological polar surface area (TPSA) is 50.1 Å². The standard InChI is InChI=1S/C18H17NO2/c1-3-21-16-9-7-14(8-10-16)18(20)17(12-19)15-6-4-5-13(2)11-15/h4-11,17H,3H2,1-2H3. The Morgan fingerprint density at radius 1 is 1.24 bits per heavy atom. The third-order valence-electron chi connectivity index (χ3n) is 3.22. The summed E-state index contributed by atoms with van der Waals surface area (Å²) in [5.41, 5.74) is 2.29. The molecule has 0 saturated carbocycles. The summed E-state index contributed by atoms with van der Waals surface area (Å²) in [4.78, 5) is 12.5. The van der Waals surface area contributed by atoms with Gasteiger partial charge in [0.2, 0.25) is 0 Å². The van der Waals surface area contributed by atoms with Crippen molar-refractivity contribution in [2.45, 2.75) is 19.8 Å². The Morgan fingerprint density at radius 3 is 2.52 bits per heavy atom. The van der Waals surface area contributed by atoms with E-state index in [1.165, 1.54) is 0 Å². The molecular formula is C18H17NO2. The minimum absolute atomic E-state index is 0.189. The van der Waals surface area contributed by atoms with E-state index < -0.39 is 5.92 Å². The number of carbonyl (C=O) groups excluding carboxylic acids is 1. The lowest BCUT2D eigenvalue weighted by molar-refractivity contribution is 0.0979. The molecule has 1 unspecified atom stereocenters. The molecule has 0 fully saturated rings. The lowest BCUT2D eigenvalue weighted by Gasteiger charge is -2.10. The number of benzene rings is 2. The second-order valence-electron chi connectivity index (χ2n) is 4.80. The molecule has 2 aromatic carbocycles. The maximum Gasteiger partial charge on any atom is 0.184 e. The van der Waals surface area contributed by atoms with E-state index in [4.69, 9.17) is 4.74 Å². The first kappa shape index (κ1) is 14.8. The van der Waals surface area contributed by atoms with Gasteiger partial charge in [-0.15, -0.1) is 0 Å². The third kappa shape index (κ3) is 3.49.